The van der Waals surface area contributed by atoms with Crippen LogP contribution in [0.2, 0.25) is 5.02 Å². The summed E-state index contributed by atoms with van der Waals surface area (Å²) in [5.74, 6) is -0.363. The number of aryl methyl sites for hydroxylation is 1. The van der Waals surface area contributed by atoms with Crippen molar-refractivity contribution >= 4 is 34.6 Å². The minimum atomic E-state index is -0.505. The molecule has 10 nitrogen and oxygen atoms in total. The Bertz CT molecular complexity index is 1330. The minimum Gasteiger partial charge on any atom is -0.365 e. The molecular formula is C22H24ClF2N9O. The summed E-state index contributed by atoms with van der Waals surface area (Å²) in [7, 11) is 3.54. The number of carbonyl (C=O) groups is 1. The van der Waals surface area contributed by atoms with Crippen molar-refractivity contribution in [2.45, 2.75) is 37.8 Å². The molecule has 0 aliphatic heterocycles. The van der Waals surface area contributed by atoms with Crippen LogP contribution in [0, 0.1) is 11.6 Å². The van der Waals surface area contributed by atoms with E-state index in [-0.39, 0.29) is 22.7 Å². The third-order valence-electron chi connectivity index (χ3n) is 5.74. The van der Waals surface area contributed by atoms with Gasteiger partial charge in [0.05, 0.1) is 18.8 Å². The van der Waals surface area contributed by atoms with E-state index in [9.17, 15) is 13.6 Å². The number of nitrogens with zero attached hydrogens (tertiary/aromatic N) is 6. The van der Waals surface area contributed by atoms with Gasteiger partial charge in [0.2, 0.25) is 5.82 Å². The second kappa shape index (κ2) is 10.8. The molecule has 1 unspecified atom stereocenters. The quantitative estimate of drug-likeness (QED) is 0.353. The molecular weight excluding hydrogens is 480 g/mol. The summed E-state index contributed by atoms with van der Waals surface area (Å²) in [4.78, 5) is 22.4. The molecule has 1 aromatic carbocycles. The molecule has 13 heteroatoms. The van der Waals surface area contributed by atoms with Crippen LogP contribution in [0.15, 0.2) is 24.5 Å². The predicted molar refractivity (Wildman–Crippen MR) is 127 cm³/mol. The highest BCUT2D eigenvalue weighted by atomic mass is 35.5. The van der Waals surface area contributed by atoms with Gasteiger partial charge in [-0.1, -0.05) is 11.6 Å². The van der Waals surface area contributed by atoms with Crippen molar-refractivity contribution in [1.82, 2.24) is 40.5 Å². The Kier molecular flexibility index (Phi) is 7.61. The fraction of sp³-hybridized carbons (Fsp3) is 0.364. The van der Waals surface area contributed by atoms with E-state index in [1.807, 2.05) is 7.05 Å². The summed E-state index contributed by atoms with van der Waals surface area (Å²) in [6.07, 6.45) is 7.36. The normalized spacial score (nSPS) is 17.6. The number of aromatic nitrogens is 7. The Morgan fingerprint density at radius 3 is 2.71 bits per heavy atom. The minimum absolute atomic E-state index is 0.118. The van der Waals surface area contributed by atoms with Crippen LogP contribution in [0.4, 0.5) is 14.6 Å². The van der Waals surface area contributed by atoms with E-state index in [1.165, 1.54) is 10.9 Å². The predicted octanol–water partition coefficient (Wildman–Crippen LogP) is 3.52. The summed E-state index contributed by atoms with van der Waals surface area (Å²) in [5.41, 5.74) is 0.896. The molecule has 35 heavy (non-hydrogen) atoms. The van der Waals surface area contributed by atoms with Crippen molar-refractivity contribution in [1.29, 1.82) is 0 Å². The molecule has 5 rings (SSSR count). The number of nitrogens with one attached hydrogen (secondary N) is 3. The van der Waals surface area contributed by atoms with Gasteiger partial charge < -0.3 is 15.6 Å². The summed E-state index contributed by atoms with van der Waals surface area (Å²) in [6, 6.07) is 3.44. The molecule has 2 atom stereocenters. The number of halogens is 3. The van der Waals surface area contributed by atoms with Crippen molar-refractivity contribution < 1.29 is 13.6 Å². The SMILES string of the molecule is CN[C@@H]1CCCC(Nc2nc(-c3c[nH]c4c(F)cc(Cl)cc34)ncc2F)C1.Cn1nnc(C=O)n1. The van der Waals surface area contributed by atoms with Crippen LogP contribution in [0.1, 0.15) is 36.3 Å². The van der Waals surface area contributed by atoms with Crippen LogP contribution in [0.5, 0.6) is 0 Å². The number of anilines is 1. The maximum Gasteiger partial charge on any atom is 0.237 e. The maximum atomic E-state index is 14.3. The van der Waals surface area contributed by atoms with Gasteiger partial charge in [-0.05, 0) is 50.1 Å². The first-order valence-corrected chi connectivity index (χ1v) is 11.4. The standard InChI is InChI=1S/C19H20ClF2N5.C3H4N4O/c1-23-11-3-2-4-12(7-11)26-19-16(22)9-25-18(27-19)14-8-24-17-13(14)5-10(20)6-15(17)21;1-7-5-3(2-8)4-6-7/h5-6,8-9,11-12,23-24H,2-4,7H2,1H3,(H,25,26,27);2H,1H3/t11-,12?;/m1./s1. The van der Waals surface area contributed by atoms with Gasteiger partial charge in [-0.3, -0.25) is 4.79 Å². The first-order chi connectivity index (χ1) is 16.9. The fourth-order valence-electron chi connectivity index (χ4n) is 4.06. The van der Waals surface area contributed by atoms with Crippen LogP contribution in [0.25, 0.3) is 22.3 Å². The number of H-pyrrole nitrogens is 1. The molecule has 1 aliphatic carbocycles. The Labute approximate surface area is 204 Å². The van der Waals surface area contributed by atoms with E-state index >= 15 is 0 Å². The lowest BCUT2D eigenvalue weighted by Crippen LogP contribution is -2.37. The number of aldehydes is 1. The number of fused-ring (bicyclic) bond motifs is 1. The third-order valence-corrected chi connectivity index (χ3v) is 5.96. The summed E-state index contributed by atoms with van der Waals surface area (Å²) >= 11 is 5.98. The number of rotatable bonds is 5. The van der Waals surface area contributed by atoms with E-state index in [4.69, 9.17) is 11.6 Å². The van der Waals surface area contributed by atoms with Crippen LogP contribution >= 0.6 is 11.6 Å². The Balaban J connectivity index is 0.000000308. The number of tetrazole rings is 1. The van der Waals surface area contributed by atoms with Gasteiger partial charge in [-0.15, -0.1) is 10.2 Å². The summed E-state index contributed by atoms with van der Waals surface area (Å²) < 4.78 is 28.4. The molecule has 0 bridgehead atoms. The zero-order valence-electron chi connectivity index (χ0n) is 19.1. The number of benzene rings is 1. The van der Waals surface area contributed by atoms with Gasteiger partial charge in [-0.25, -0.2) is 18.7 Å². The summed E-state index contributed by atoms with van der Waals surface area (Å²) in [6.45, 7) is 0. The lowest BCUT2D eigenvalue weighted by atomic mass is 9.91. The second-order valence-electron chi connectivity index (χ2n) is 8.15. The molecule has 3 heterocycles. The molecule has 0 amide bonds. The van der Waals surface area contributed by atoms with Gasteiger partial charge in [0.1, 0.15) is 5.82 Å². The van der Waals surface area contributed by atoms with Crippen LogP contribution in [-0.4, -0.2) is 60.6 Å². The lowest BCUT2D eigenvalue weighted by Gasteiger charge is -2.29. The Hall–Kier alpha value is -3.51. The van der Waals surface area contributed by atoms with Crippen LogP contribution < -0.4 is 10.6 Å². The summed E-state index contributed by atoms with van der Waals surface area (Å²) in [5, 5.41) is 17.7. The van der Waals surface area contributed by atoms with Crippen molar-refractivity contribution in [2.24, 2.45) is 7.05 Å². The number of hydrogen-bond donors (Lipinski definition) is 3. The molecule has 0 saturated heterocycles. The van der Waals surface area contributed by atoms with E-state index in [0.29, 0.717) is 34.6 Å². The van der Waals surface area contributed by atoms with Crippen LogP contribution in [0.3, 0.4) is 0 Å². The van der Waals surface area contributed by atoms with E-state index in [0.717, 1.165) is 31.9 Å². The van der Waals surface area contributed by atoms with Gasteiger partial charge in [-0.2, -0.15) is 4.80 Å². The lowest BCUT2D eigenvalue weighted by molar-refractivity contribution is 0.111. The van der Waals surface area contributed by atoms with Gasteiger partial charge in [0, 0.05) is 34.3 Å². The molecule has 1 fully saturated rings. The zero-order chi connectivity index (χ0) is 24.9. The second-order valence-corrected chi connectivity index (χ2v) is 8.59. The molecule has 4 aromatic rings. The van der Waals surface area contributed by atoms with Gasteiger partial charge in [0.15, 0.2) is 23.7 Å². The molecule has 3 aromatic heterocycles. The van der Waals surface area contributed by atoms with Gasteiger partial charge >= 0.3 is 0 Å². The van der Waals surface area contributed by atoms with Crippen molar-refractivity contribution in [3.63, 3.8) is 0 Å². The maximum absolute atomic E-state index is 14.3. The number of carbonyl (C=O) groups excluding carboxylic acids is 1. The van der Waals surface area contributed by atoms with Crippen molar-refractivity contribution in [3.8, 4) is 11.4 Å². The average molecular weight is 504 g/mol. The third kappa shape index (κ3) is 5.77. The first-order valence-electron chi connectivity index (χ1n) is 11.0. The van der Waals surface area contributed by atoms with Gasteiger partial charge in [0.25, 0.3) is 0 Å². The molecule has 1 saturated carbocycles. The van der Waals surface area contributed by atoms with E-state index < -0.39 is 11.6 Å². The zero-order valence-corrected chi connectivity index (χ0v) is 19.9. The monoisotopic (exact) mass is 503 g/mol. The van der Waals surface area contributed by atoms with Crippen molar-refractivity contribution in [2.75, 3.05) is 12.4 Å². The van der Waals surface area contributed by atoms with E-state index in [2.05, 4.69) is 41.0 Å². The molecule has 0 spiro atoms. The molecule has 3 N–H and O–H groups in total. The number of aromatic amines is 1. The average Bonchev–Trinajstić information content (AvgIpc) is 3.47. The fourth-order valence-corrected chi connectivity index (χ4v) is 4.27. The molecule has 0 radical (unpaired) electrons. The molecule has 1 aliphatic rings. The van der Waals surface area contributed by atoms with E-state index in [1.54, 1.807) is 19.3 Å². The van der Waals surface area contributed by atoms with Crippen LogP contribution in [-0.2, 0) is 7.05 Å². The Morgan fingerprint density at radius 2 is 2.03 bits per heavy atom. The topological polar surface area (TPSA) is 126 Å². The Morgan fingerprint density at radius 1 is 1.23 bits per heavy atom. The highest BCUT2D eigenvalue weighted by molar-refractivity contribution is 6.31. The highest BCUT2D eigenvalue weighted by Crippen LogP contribution is 2.31. The number of hydrogen-bond acceptors (Lipinski definition) is 8. The highest BCUT2D eigenvalue weighted by Gasteiger charge is 2.23. The van der Waals surface area contributed by atoms with Crippen molar-refractivity contribution in [3.05, 3.63) is 47.0 Å². The largest absolute Gasteiger partial charge is 0.365 e. The smallest absolute Gasteiger partial charge is 0.237 e. The molecule has 184 valence electrons. The first kappa shape index (κ1) is 24.6.